The molecule has 0 saturated carbocycles. The summed E-state index contributed by atoms with van der Waals surface area (Å²) in [5.74, 6) is -0.304. The molecule has 0 aromatic carbocycles. The van der Waals surface area contributed by atoms with E-state index in [4.69, 9.17) is 0 Å². The molecule has 102 valence electrons. The van der Waals surface area contributed by atoms with Crippen LogP contribution in [0.15, 0.2) is 24.7 Å². The molecule has 0 spiro atoms. The van der Waals surface area contributed by atoms with Gasteiger partial charge in [-0.25, -0.2) is 4.39 Å². The fraction of sp³-hybridized carbons (Fsp3) is 0.429. The number of aromatic nitrogens is 3. The van der Waals surface area contributed by atoms with Crippen LogP contribution in [-0.2, 0) is 20.0 Å². The molecule has 4 nitrogen and oxygen atoms in total. The van der Waals surface area contributed by atoms with Crippen molar-refractivity contribution in [3.63, 3.8) is 0 Å². The zero-order valence-electron chi connectivity index (χ0n) is 11.5. The smallest absolute Gasteiger partial charge is 0.141 e. The number of nitrogens with one attached hydrogen (secondary N) is 1. The van der Waals surface area contributed by atoms with Gasteiger partial charge in [0.15, 0.2) is 0 Å². The van der Waals surface area contributed by atoms with Crippen molar-refractivity contribution in [3.05, 3.63) is 47.3 Å². The second kappa shape index (κ2) is 5.93. The SMILES string of the molecule is CCc1nn(C)cc1CNC(C)c1cncc(F)c1. The average molecular weight is 262 g/mol. The van der Waals surface area contributed by atoms with Crippen molar-refractivity contribution in [2.75, 3.05) is 0 Å². The number of nitrogens with zero attached hydrogens (tertiary/aromatic N) is 3. The Morgan fingerprint density at radius 3 is 2.89 bits per heavy atom. The largest absolute Gasteiger partial charge is 0.306 e. The van der Waals surface area contributed by atoms with E-state index in [0.717, 1.165) is 17.7 Å². The molecule has 0 aliphatic heterocycles. The molecule has 5 heteroatoms. The van der Waals surface area contributed by atoms with Crippen LogP contribution in [0, 0.1) is 5.82 Å². The lowest BCUT2D eigenvalue weighted by atomic mass is 10.1. The number of rotatable bonds is 5. The Bertz CT molecular complexity index is 550. The van der Waals surface area contributed by atoms with Crippen LogP contribution in [-0.4, -0.2) is 14.8 Å². The summed E-state index contributed by atoms with van der Waals surface area (Å²) in [6.07, 6.45) is 5.83. The summed E-state index contributed by atoms with van der Waals surface area (Å²) < 4.78 is 14.9. The van der Waals surface area contributed by atoms with Gasteiger partial charge in [-0.1, -0.05) is 6.92 Å². The fourth-order valence-corrected chi connectivity index (χ4v) is 2.07. The van der Waals surface area contributed by atoms with Crippen LogP contribution < -0.4 is 5.32 Å². The van der Waals surface area contributed by atoms with Gasteiger partial charge in [0, 0.05) is 37.6 Å². The molecule has 2 aromatic rings. The van der Waals surface area contributed by atoms with Crippen molar-refractivity contribution in [1.29, 1.82) is 0 Å². The lowest BCUT2D eigenvalue weighted by Gasteiger charge is -2.13. The van der Waals surface area contributed by atoms with Crippen molar-refractivity contribution >= 4 is 0 Å². The highest BCUT2D eigenvalue weighted by Gasteiger charge is 2.09. The third kappa shape index (κ3) is 3.38. The number of aryl methyl sites for hydroxylation is 2. The molecule has 0 radical (unpaired) electrons. The van der Waals surface area contributed by atoms with E-state index >= 15 is 0 Å². The van der Waals surface area contributed by atoms with Crippen LogP contribution in [0.4, 0.5) is 4.39 Å². The minimum absolute atomic E-state index is 0.0492. The molecule has 1 atom stereocenters. The Morgan fingerprint density at radius 2 is 2.21 bits per heavy atom. The van der Waals surface area contributed by atoms with Gasteiger partial charge in [-0.2, -0.15) is 5.10 Å². The summed E-state index contributed by atoms with van der Waals surface area (Å²) in [7, 11) is 1.92. The third-order valence-electron chi connectivity index (χ3n) is 3.15. The second-order valence-electron chi connectivity index (χ2n) is 4.67. The number of hydrogen-bond acceptors (Lipinski definition) is 3. The first-order valence-corrected chi connectivity index (χ1v) is 6.45. The molecule has 0 aliphatic rings. The van der Waals surface area contributed by atoms with Crippen LogP contribution in [0.5, 0.6) is 0 Å². The highest BCUT2D eigenvalue weighted by Crippen LogP contribution is 2.14. The Morgan fingerprint density at radius 1 is 1.42 bits per heavy atom. The van der Waals surface area contributed by atoms with Crippen molar-refractivity contribution in [1.82, 2.24) is 20.1 Å². The molecule has 2 rings (SSSR count). The van der Waals surface area contributed by atoms with Crippen molar-refractivity contribution in [3.8, 4) is 0 Å². The van der Waals surface area contributed by atoms with Gasteiger partial charge < -0.3 is 5.32 Å². The second-order valence-corrected chi connectivity index (χ2v) is 4.67. The topological polar surface area (TPSA) is 42.7 Å². The first kappa shape index (κ1) is 13.7. The Labute approximate surface area is 112 Å². The maximum absolute atomic E-state index is 13.1. The van der Waals surface area contributed by atoms with Crippen molar-refractivity contribution < 1.29 is 4.39 Å². The monoisotopic (exact) mass is 262 g/mol. The normalized spacial score (nSPS) is 12.6. The van der Waals surface area contributed by atoms with Gasteiger partial charge in [-0.3, -0.25) is 9.67 Å². The third-order valence-corrected chi connectivity index (χ3v) is 3.15. The summed E-state index contributed by atoms with van der Waals surface area (Å²) in [6, 6.07) is 1.56. The van der Waals surface area contributed by atoms with E-state index in [1.807, 2.05) is 24.9 Å². The molecule has 19 heavy (non-hydrogen) atoms. The first-order valence-electron chi connectivity index (χ1n) is 6.45. The molecule has 0 aliphatic carbocycles. The average Bonchev–Trinajstić information content (AvgIpc) is 2.76. The summed E-state index contributed by atoms with van der Waals surface area (Å²) in [5.41, 5.74) is 3.13. The number of pyridine rings is 1. The molecular weight excluding hydrogens is 243 g/mol. The highest BCUT2D eigenvalue weighted by molar-refractivity contribution is 5.18. The van der Waals surface area contributed by atoms with E-state index in [2.05, 4.69) is 22.3 Å². The Hall–Kier alpha value is -1.75. The van der Waals surface area contributed by atoms with E-state index in [1.54, 1.807) is 6.20 Å². The molecular formula is C14H19FN4. The summed E-state index contributed by atoms with van der Waals surface area (Å²) >= 11 is 0. The Kier molecular flexibility index (Phi) is 4.27. The zero-order chi connectivity index (χ0) is 13.8. The van der Waals surface area contributed by atoms with Gasteiger partial charge in [0.25, 0.3) is 0 Å². The van der Waals surface area contributed by atoms with Gasteiger partial charge in [0.2, 0.25) is 0 Å². The summed E-state index contributed by atoms with van der Waals surface area (Å²) in [5, 5.41) is 7.77. The van der Waals surface area contributed by atoms with Crippen LogP contribution in [0.1, 0.15) is 36.7 Å². The van der Waals surface area contributed by atoms with Crippen molar-refractivity contribution in [2.45, 2.75) is 32.9 Å². The first-order chi connectivity index (χ1) is 9.10. The van der Waals surface area contributed by atoms with Gasteiger partial charge >= 0.3 is 0 Å². The molecule has 1 N–H and O–H groups in total. The maximum atomic E-state index is 13.1. The highest BCUT2D eigenvalue weighted by atomic mass is 19.1. The molecule has 0 fully saturated rings. The van der Waals surface area contributed by atoms with Crippen LogP contribution in [0.25, 0.3) is 0 Å². The molecule has 1 unspecified atom stereocenters. The van der Waals surface area contributed by atoms with E-state index in [-0.39, 0.29) is 11.9 Å². The van der Waals surface area contributed by atoms with E-state index in [9.17, 15) is 4.39 Å². The van der Waals surface area contributed by atoms with Gasteiger partial charge in [-0.05, 0) is 25.0 Å². The minimum atomic E-state index is -0.304. The van der Waals surface area contributed by atoms with Gasteiger partial charge in [0.1, 0.15) is 5.82 Å². The van der Waals surface area contributed by atoms with Crippen LogP contribution in [0.2, 0.25) is 0 Å². The lowest BCUT2D eigenvalue weighted by Crippen LogP contribution is -2.18. The molecule has 0 saturated heterocycles. The summed E-state index contributed by atoms with van der Waals surface area (Å²) in [4.78, 5) is 3.87. The number of hydrogen-bond donors (Lipinski definition) is 1. The van der Waals surface area contributed by atoms with Gasteiger partial charge in [-0.15, -0.1) is 0 Å². The van der Waals surface area contributed by atoms with E-state index < -0.39 is 0 Å². The van der Waals surface area contributed by atoms with Crippen LogP contribution >= 0.6 is 0 Å². The van der Waals surface area contributed by atoms with Gasteiger partial charge in [0.05, 0.1) is 11.9 Å². The predicted molar refractivity (Wildman–Crippen MR) is 72.0 cm³/mol. The zero-order valence-corrected chi connectivity index (χ0v) is 11.5. The van der Waals surface area contributed by atoms with Crippen molar-refractivity contribution in [2.24, 2.45) is 7.05 Å². The summed E-state index contributed by atoms with van der Waals surface area (Å²) in [6.45, 7) is 4.80. The Balaban J connectivity index is 2.02. The molecule has 0 amide bonds. The molecule has 2 aromatic heterocycles. The molecule has 2 heterocycles. The molecule has 0 bridgehead atoms. The lowest BCUT2D eigenvalue weighted by molar-refractivity contribution is 0.559. The standard InChI is InChI=1S/C14H19FN4/c1-4-14-12(9-19(3)18-14)7-17-10(2)11-5-13(15)8-16-6-11/h5-6,8-10,17H,4,7H2,1-3H3. The predicted octanol–water partition coefficient (Wildman–Crippen LogP) is 2.37. The quantitative estimate of drug-likeness (QED) is 0.899. The van der Waals surface area contributed by atoms with Crippen LogP contribution in [0.3, 0.4) is 0 Å². The maximum Gasteiger partial charge on any atom is 0.141 e. The van der Waals surface area contributed by atoms with E-state index in [0.29, 0.717) is 6.54 Å². The number of halogens is 1. The minimum Gasteiger partial charge on any atom is -0.306 e. The van der Waals surface area contributed by atoms with E-state index in [1.165, 1.54) is 17.8 Å². The fourth-order valence-electron chi connectivity index (χ4n) is 2.07.